The van der Waals surface area contributed by atoms with Gasteiger partial charge < -0.3 is 25.2 Å². The Bertz CT molecular complexity index is 583. The normalized spacial score (nSPS) is 12.0. The van der Waals surface area contributed by atoms with Gasteiger partial charge in [-0.2, -0.15) is 0 Å². The predicted molar refractivity (Wildman–Crippen MR) is 89.5 cm³/mol. The Morgan fingerprint density at radius 2 is 1.80 bits per heavy atom. The summed E-state index contributed by atoms with van der Waals surface area (Å²) in [6, 6.07) is 7.87. The molecule has 1 atom stereocenters. The van der Waals surface area contributed by atoms with E-state index in [1.54, 1.807) is 32.9 Å². The Balaban J connectivity index is 2.37. The average molecular weight is 352 g/mol. The molecule has 25 heavy (non-hydrogen) atoms. The lowest BCUT2D eigenvalue weighted by atomic mass is 10.2. The van der Waals surface area contributed by atoms with Crippen molar-refractivity contribution in [2.75, 3.05) is 13.2 Å². The summed E-state index contributed by atoms with van der Waals surface area (Å²) in [6.45, 7) is 4.09. The van der Waals surface area contributed by atoms with Crippen molar-refractivity contribution >= 4 is 18.0 Å². The molecule has 1 unspecified atom stereocenters. The number of ether oxygens (including phenoxy) is 2. The van der Waals surface area contributed by atoms with Gasteiger partial charge in [0.2, 0.25) is 5.91 Å². The highest BCUT2D eigenvalue weighted by molar-refractivity contribution is 5.88. The number of carbonyl (C=O) groups is 3. The Morgan fingerprint density at radius 3 is 2.36 bits per heavy atom. The van der Waals surface area contributed by atoms with Gasteiger partial charge in [0.1, 0.15) is 24.8 Å². The van der Waals surface area contributed by atoms with Crippen LogP contribution in [0.3, 0.4) is 0 Å². The summed E-state index contributed by atoms with van der Waals surface area (Å²) in [6.07, 6.45) is -0.839. The number of esters is 1. The van der Waals surface area contributed by atoms with E-state index in [9.17, 15) is 19.5 Å². The van der Waals surface area contributed by atoms with Crippen LogP contribution in [0.25, 0.3) is 0 Å². The molecule has 0 heterocycles. The maximum atomic E-state index is 11.9. The SMILES string of the molecule is CC(C)(C)OC(=O)NC(CO)C(=O)NCC(=O)OCc1ccccc1. The first-order valence-electron chi connectivity index (χ1n) is 7.79. The molecule has 1 aromatic carbocycles. The minimum atomic E-state index is -1.23. The number of alkyl carbamates (subject to hydrolysis) is 1. The zero-order valence-corrected chi connectivity index (χ0v) is 14.6. The number of rotatable bonds is 7. The van der Waals surface area contributed by atoms with Crippen molar-refractivity contribution in [1.82, 2.24) is 10.6 Å². The first-order chi connectivity index (χ1) is 11.7. The van der Waals surface area contributed by atoms with Crippen molar-refractivity contribution in [3.8, 4) is 0 Å². The molecule has 8 heteroatoms. The van der Waals surface area contributed by atoms with Crippen LogP contribution in [-0.2, 0) is 25.7 Å². The van der Waals surface area contributed by atoms with Crippen molar-refractivity contribution in [3.05, 3.63) is 35.9 Å². The summed E-state index contributed by atoms with van der Waals surface area (Å²) in [5.74, 6) is -1.35. The second-order valence-corrected chi connectivity index (χ2v) is 6.25. The molecular formula is C17H24N2O6. The number of benzene rings is 1. The van der Waals surface area contributed by atoms with Crippen molar-refractivity contribution in [2.24, 2.45) is 0 Å². The number of hydrogen-bond acceptors (Lipinski definition) is 6. The molecule has 0 aliphatic rings. The second kappa shape index (κ2) is 9.63. The van der Waals surface area contributed by atoms with Crippen LogP contribution in [0.4, 0.5) is 4.79 Å². The number of aliphatic hydroxyl groups excluding tert-OH is 1. The largest absolute Gasteiger partial charge is 0.460 e. The van der Waals surface area contributed by atoms with Crippen molar-refractivity contribution < 1.29 is 29.0 Å². The molecule has 0 bridgehead atoms. The lowest BCUT2D eigenvalue weighted by Crippen LogP contribution is -2.51. The number of nitrogens with one attached hydrogen (secondary N) is 2. The molecule has 0 aliphatic heterocycles. The Hall–Kier alpha value is -2.61. The van der Waals surface area contributed by atoms with E-state index in [1.165, 1.54) is 0 Å². The molecule has 0 aliphatic carbocycles. The quantitative estimate of drug-likeness (QED) is 0.624. The van der Waals surface area contributed by atoms with Crippen LogP contribution in [0.5, 0.6) is 0 Å². The molecule has 0 radical (unpaired) electrons. The van der Waals surface area contributed by atoms with Gasteiger partial charge in [-0.15, -0.1) is 0 Å². The minimum Gasteiger partial charge on any atom is -0.460 e. The molecule has 0 spiro atoms. The molecule has 3 N–H and O–H groups in total. The first-order valence-corrected chi connectivity index (χ1v) is 7.79. The smallest absolute Gasteiger partial charge is 0.408 e. The predicted octanol–water partition coefficient (Wildman–Crippen LogP) is 0.732. The third kappa shape index (κ3) is 8.71. The lowest BCUT2D eigenvalue weighted by Gasteiger charge is -2.22. The molecule has 1 rings (SSSR count). The topological polar surface area (TPSA) is 114 Å². The molecule has 8 nitrogen and oxygen atoms in total. The van der Waals surface area contributed by atoms with Gasteiger partial charge in [-0.1, -0.05) is 30.3 Å². The lowest BCUT2D eigenvalue weighted by molar-refractivity contribution is -0.145. The van der Waals surface area contributed by atoms with E-state index in [0.717, 1.165) is 5.56 Å². The van der Waals surface area contributed by atoms with Crippen molar-refractivity contribution in [3.63, 3.8) is 0 Å². The van der Waals surface area contributed by atoms with Gasteiger partial charge in [0.15, 0.2) is 0 Å². The van der Waals surface area contributed by atoms with Crippen molar-refractivity contribution in [2.45, 2.75) is 39.0 Å². The van der Waals surface area contributed by atoms with Crippen LogP contribution in [0, 0.1) is 0 Å². The molecule has 0 aromatic heterocycles. The third-order valence-electron chi connectivity index (χ3n) is 2.84. The fourth-order valence-corrected chi connectivity index (χ4v) is 1.72. The van der Waals surface area contributed by atoms with Crippen LogP contribution < -0.4 is 10.6 Å². The molecule has 0 saturated heterocycles. The van der Waals surface area contributed by atoms with Gasteiger partial charge in [0.25, 0.3) is 0 Å². The van der Waals surface area contributed by atoms with Crippen LogP contribution in [0.1, 0.15) is 26.3 Å². The third-order valence-corrected chi connectivity index (χ3v) is 2.84. The van der Waals surface area contributed by atoms with E-state index in [1.807, 2.05) is 18.2 Å². The van der Waals surface area contributed by atoms with Gasteiger partial charge in [-0.3, -0.25) is 9.59 Å². The molecule has 0 fully saturated rings. The number of hydrogen-bond donors (Lipinski definition) is 3. The molecule has 2 amide bonds. The van der Waals surface area contributed by atoms with E-state index in [4.69, 9.17) is 9.47 Å². The summed E-state index contributed by atoms with van der Waals surface area (Å²) in [4.78, 5) is 35.1. The average Bonchev–Trinajstić information content (AvgIpc) is 2.55. The zero-order valence-electron chi connectivity index (χ0n) is 14.6. The van der Waals surface area contributed by atoms with Gasteiger partial charge in [-0.05, 0) is 26.3 Å². The number of carbonyl (C=O) groups excluding carboxylic acids is 3. The van der Waals surface area contributed by atoms with E-state index in [2.05, 4.69) is 10.6 Å². The summed E-state index contributed by atoms with van der Waals surface area (Å²) in [5.41, 5.74) is 0.0870. The van der Waals surface area contributed by atoms with E-state index in [0.29, 0.717) is 0 Å². The van der Waals surface area contributed by atoms with Gasteiger partial charge >= 0.3 is 12.1 Å². The van der Waals surface area contributed by atoms with Crippen LogP contribution >= 0.6 is 0 Å². The Labute approximate surface area is 146 Å². The molecule has 138 valence electrons. The highest BCUT2D eigenvalue weighted by atomic mass is 16.6. The zero-order chi connectivity index (χ0) is 18.9. The monoisotopic (exact) mass is 352 g/mol. The van der Waals surface area contributed by atoms with E-state index >= 15 is 0 Å². The van der Waals surface area contributed by atoms with E-state index in [-0.39, 0.29) is 13.2 Å². The van der Waals surface area contributed by atoms with Crippen LogP contribution in [0.2, 0.25) is 0 Å². The molecule has 0 saturated carbocycles. The highest BCUT2D eigenvalue weighted by Gasteiger charge is 2.24. The Kier molecular flexibility index (Phi) is 7.87. The highest BCUT2D eigenvalue weighted by Crippen LogP contribution is 2.06. The molecule has 1 aromatic rings. The van der Waals surface area contributed by atoms with Gasteiger partial charge in [-0.25, -0.2) is 4.79 Å². The van der Waals surface area contributed by atoms with E-state index < -0.39 is 36.2 Å². The van der Waals surface area contributed by atoms with Gasteiger partial charge in [0, 0.05) is 0 Å². The fraction of sp³-hybridized carbons (Fsp3) is 0.471. The maximum absolute atomic E-state index is 11.9. The fourth-order valence-electron chi connectivity index (χ4n) is 1.72. The minimum absolute atomic E-state index is 0.0924. The summed E-state index contributed by atoms with van der Waals surface area (Å²) in [7, 11) is 0. The van der Waals surface area contributed by atoms with Crippen LogP contribution in [-0.4, -0.2) is 47.9 Å². The Morgan fingerprint density at radius 1 is 1.16 bits per heavy atom. The summed E-state index contributed by atoms with van der Waals surface area (Å²) >= 11 is 0. The first kappa shape index (κ1) is 20.4. The van der Waals surface area contributed by atoms with Crippen molar-refractivity contribution in [1.29, 1.82) is 0 Å². The molecular weight excluding hydrogens is 328 g/mol. The number of amides is 2. The standard InChI is InChI=1S/C17H24N2O6/c1-17(2,3)25-16(23)19-13(10-20)15(22)18-9-14(21)24-11-12-7-5-4-6-8-12/h4-8,13,20H,9-11H2,1-3H3,(H,18,22)(H,19,23). The van der Waals surface area contributed by atoms with Crippen LogP contribution in [0.15, 0.2) is 30.3 Å². The number of aliphatic hydroxyl groups is 1. The summed E-state index contributed by atoms with van der Waals surface area (Å²) in [5, 5.41) is 13.7. The maximum Gasteiger partial charge on any atom is 0.408 e. The van der Waals surface area contributed by atoms with Gasteiger partial charge in [0.05, 0.1) is 6.61 Å². The second-order valence-electron chi connectivity index (χ2n) is 6.25. The summed E-state index contributed by atoms with van der Waals surface area (Å²) < 4.78 is 10.0.